The van der Waals surface area contributed by atoms with Gasteiger partial charge in [-0.3, -0.25) is 0 Å². The van der Waals surface area contributed by atoms with E-state index >= 15 is 0 Å². The summed E-state index contributed by atoms with van der Waals surface area (Å²) in [5, 5.41) is 7.89. The lowest BCUT2D eigenvalue weighted by atomic mass is 10.0. The van der Waals surface area contributed by atoms with Crippen molar-refractivity contribution in [2.75, 3.05) is 11.1 Å². The molecule has 0 saturated carbocycles. The number of guanidine groups is 1. The second-order valence-electron chi connectivity index (χ2n) is 6.96. The molecule has 4 nitrogen and oxygen atoms in total. The fourth-order valence-electron chi connectivity index (χ4n) is 4.04. The average Bonchev–Trinajstić information content (AvgIpc) is 3.11. The molecular weight excluding hydrogens is 332 g/mol. The van der Waals surface area contributed by atoms with Gasteiger partial charge in [-0.1, -0.05) is 54.6 Å². The van der Waals surface area contributed by atoms with Gasteiger partial charge < -0.3 is 16.8 Å². The van der Waals surface area contributed by atoms with Gasteiger partial charge >= 0.3 is 0 Å². The lowest BCUT2D eigenvalue weighted by Crippen LogP contribution is -2.22. The maximum absolute atomic E-state index is 6.26. The highest BCUT2D eigenvalue weighted by Gasteiger charge is 2.16. The molecule has 27 heavy (non-hydrogen) atoms. The van der Waals surface area contributed by atoms with Gasteiger partial charge in [-0.25, -0.2) is 4.99 Å². The number of benzene rings is 4. The molecule has 132 valence electrons. The van der Waals surface area contributed by atoms with Crippen LogP contribution in [-0.2, 0) is 12.8 Å². The van der Waals surface area contributed by atoms with Crippen LogP contribution in [0.3, 0.4) is 0 Å². The zero-order valence-electron chi connectivity index (χ0n) is 14.9. The number of nitrogens with two attached hydrogens (primary N) is 2. The Bertz CT molecular complexity index is 1210. The first-order valence-corrected chi connectivity index (χ1v) is 9.12. The Morgan fingerprint density at radius 2 is 1.59 bits per heavy atom. The maximum Gasteiger partial charge on any atom is 0.198 e. The van der Waals surface area contributed by atoms with E-state index in [1.54, 1.807) is 0 Å². The van der Waals surface area contributed by atoms with E-state index < -0.39 is 0 Å². The molecule has 0 heterocycles. The summed E-state index contributed by atoms with van der Waals surface area (Å²) in [6, 6.07) is 22.6. The van der Waals surface area contributed by atoms with E-state index in [1.807, 2.05) is 36.4 Å². The van der Waals surface area contributed by atoms with Gasteiger partial charge in [-0.05, 0) is 46.9 Å². The Labute approximate surface area is 157 Å². The summed E-state index contributed by atoms with van der Waals surface area (Å²) in [6.45, 7) is 0. The highest BCUT2D eigenvalue weighted by atomic mass is 15.1. The molecular formula is C23H20N4. The molecule has 0 saturated heterocycles. The van der Waals surface area contributed by atoms with Crippen molar-refractivity contribution in [2.45, 2.75) is 12.8 Å². The summed E-state index contributed by atoms with van der Waals surface area (Å²) in [7, 11) is 0. The maximum atomic E-state index is 6.26. The molecule has 4 heteroatoms. The van der Waals surface area contributed by atoms with Gasteiger partial charge in [0.15, 0.2) is 5.96 Å². The second-order valence-corrected chi connectivity index (χ2v) is 6.96. The first kappa shape index (κ1) is 15.7. The number of aliphatic imine (C=N–C) groups is 1. The lowest BCUT2D eigenvalue weighted by molar-refractivity contribution is 1.02. The molecule has 0 amide bonds. The van der Waals surface area contributed by atoms with Gasteiger partial charge in [-0.15, -0.1) is 0 Å². The zero-order chi connectivity index (χ0) is 18.4. The fraction of sp³-hybridized carbons (Fsp3) is 0.0870. The van der Waals surface area contributed by atoms with Crippen LogP contribution in [-0.4, -0.2) is 5.96 Å². The molecule has 4 aromatic carbocycles. The molecule has 0 radical (unpaired) electrons. The number of nitrogens with one attached hydrogen (secondary N) is 1. The minimum atomic E-state index is 0.330. The van der Waals surface area contributed by atoms with Crippen molar-refractivity contribution < 1.29 is 0 Å². The SMILES string of the molecule is NC(=Nc1c(N)ccc2ccccc12)Nc1ccc2c3c(cccc13)CC2. The Balaban J connectivity index is 1.58. The molecule has 0 bridgehead atoms. The standard InChI is InChI=1S/C23H20N4/c24-19-12-10-14-4-1-2-6-17(14)22(19)27-23(25)26-20-13-11-16-9-8-15-5-3-7-18(20)21(15)16/h1-7,10-13H,8-9,24H2,(H3,25,26,27). The molecule has 0 aliphatic heterocycles. The normalized spacial score (nSPS) is 13.4. The largest absolute Gasteiger partial charge is 0.397 e. The summed E-state index contributed by atoms with van der Waals surface area (Å²) in [4.78, 5) is 4.61. The van der Waals surface area contributed by atoms with Crippen molar-refractivity contribution in [3.63, 3.8) is 0 Å². The van der Waals surface area contributed by atoms with E-state index in [-0.39, 0.29) is 0 Å². The van der Waals surface area contributed by atoms with E-state index in [0.29, 0.717) is 17.3 Å². The molecule has 1 aliphatic carbocycles. The quantitative estimate of drug-likeness (QED) is 0.277. The summed E-state index contributed by atoms with van der Waals surface area (Å²) < 4.78 is 0. The van der Waals surface area contributed by atoms with Gasteiger partial charge in [-0.2, -0.15) is 0 Å². The van der Waals surface area contributed by atoms with Gasteiger partial charge in [0, 0.05) is 16.5 Å². The smallest absolute Gasteiger partial charge is 0.198 e. The highest BCUT2D eigenvalue weighted by molar-refractivity contribution is 6.08. The molecule has 0 fully saturated rings. The molecule has 4 aromatic rings. The lowest BCUT2D eigenvalue weighted by Gasteiger charge is -2.12. The first-order valence-electron chi connectivity index (χ1n) is 9.12. The minimum Gasteiger partial charge on any atom is -0.397 e. The molecule has 0 atom stereocenters. The van der Waals surface area contributed by atoms with Crippen LogP contribution in [0.1, 0.15) is 11.1 Å². The summed E-state index contributed by atoms with van der Waals surface area (Å²) in [6.07, 6.45) is 2.21. The Morgan fingerprint density at radius 1 is 0.815 bits per heavy atom. The number of anilines is 2. The molecule has 5 rings (SSSR count). The summed E-state index contributed by atoms with van der Waals surface area (Å²) >= 11 is 0. The molecule has 0 spiro atoms. The number of aryl methyl sites for hydroxylation is 2. The number of rotatable bonds is 2. The molecule has 1 aliphatic rings. The molecule has 5 N–H and O–H groups in total. The van der Waals surface area contributed by atoms with Crippen molar-refractivity contribution >= 4 is 44.6 Å². The Kier molecular flexibility index (Phi) is 3.50. The number of fused-ring (bicyclic) bond motifs is 1. The van der Waals surface area contributed by atoms with Crippen LogP contribution in [0.4, 0.5) is 17.1 Å². The van der Waals surface area contributed by atoms with Gasteiger partial charge in [0.05, 0.1) is 11.4 Å². The summed E-state index contributed by atoms with van der Waals surface area (Å²) in [5.41, 5.74) is 17.5. The third kappa shape index (κ3) is 2.57. The Morgan fingerprint density at radius 3 is 2.48 bits per heavy atom. The zero-order valence-corrected chi connectivity index (χ0v) is 14.9. The molecule has 0 unspecified atom stereocenters. The second kappa shape index (κ2) is 6.02. The monoisotopic (exact) mass is 352 g/mol. The van der Waals surface area contributed by atoms with Crippen molar-refractivity contribution in [1.82, 2.24) is 0 Å². The van der Waals surface area contributed by atoms with Gasteiger partial charge in [0.25, 0.3) is 0 Å². The van der Waals surface area contributed by atoms with E-state index in [1.165, 1.54) is 21.9 Å². The van der Waals surface area contributed by atoms with Crippen LogP contribution in [0.2, 0.25) is 0 Å². The fourth-order valence-corrected chi connectivity index (χ4v) is 4.04. The van der Waals surface area contributed by atoms with Crippen molar-refractivity contribution in [3.8, 4) is 0 Å². The highest BCUT2D eigenvalue weighted by Crippen LogP contribution is 2.35. The predicted molar refractivity (Wildman–Crippen MR) is 115 cm³/mol. The minimum absolute atomic E-state index is 0.330. The van der Waals surface area contributed by atoms with Gasteiger partial charge in [0.1, 0.15) is 0 Å². The third-order valence-corrected chi connectivity index (χ3v) is 5.30. The van der Waals surface area contributed by atoms with E-state index in [2.05, 4.69) is 40.6 Å². The van der Waals surface area contributed by atoms with E-state index in [0.717, 1.165) is 29.3 Å². The topological polar surface area (TPSA) is 76.4 Å². The molecule has 0 aromatic heterocycles. The predicted octanol–water partition coefficient (Wildman–Crippen LogP) is 4.73. The Hall–Kier alpha value is -3.53. The van der Waals surface area contributed by atoms with Crippen LogP contribution in [0.25, 0.3) is 21.5 Å². The van der Waals surface area contributed by atoms with Crippen LogP contribution in [0, 0.1) is 0 Å². The van der Waals surface area contributed by atoms with Gasteiger partial charge in [0.2, 0.25) is 0 Å². The summed E-state index contributed by atoms with van der Waals surface area (Å²) in [5.74, 6) is 0.330. The van der Waals surface area contributed by atoms with Crippen molar-refractivity contribution in [1.29, 1.82) is 0 Å². The number of hydrogen-bond donors (Lipinski definition) is 3. The number of nitrogens with zero attached hydrogens (tertiary/aromatic N) is 1. The third-order valence-electron chi connectivity index (χ3n) is 5.30. The van der Waals surface area contributed by atoms with Crippen LogP contribution in [0.5, 0.6) is 0 Å². The number of hydrogen-bond acceptors (Lipinski definition) is 2. The average molecular weight is 352 g/mol. The van der Waals surface area contributed by atoms with E-state index in [9.17, 15) is 0 Å². The van der Waals surface area contributed by atoms with Crippen LogP contribution < -0.4 is 16.8 Å². The number of nitrogen functional groups attached to an aromatic ring is 1. The van der Waals surface area contributed by atoms with Crippen LogP contribution >= 0.6 is 0 Å². The van der Waals surface area contributed by atoms with Crippen molar-refractivity contribution in [2.24, 2.45) is 10.7 Å². The van der Waals surface area contributed by atoms with E-state index in [4.69, 9.17) is 11.5 Å². The first-order chi connectivity index (χ1) is 13.2. The van der Waals surface area contributed by atoms with Crippen molar-refractivity contribution in [3.05, 3.63) is 77.9 Å². The van der Waals surface area contributed by atoms with Crippen LogP contribution in [0.15, 0.2) is 71.7 Å².